The summed E-state index contributed by atoms with van der Waals surface area (Å²) in [6.45, 7) is -3.27. The number of benzene rings is 1. The first-order valence-electron chi connectivity index (χ1n) is 3.99. The van der Waals surface area contributed by atoms with Crippen LogP contribution in [-0.2, 0) is 0 Å². The molecule has 6 nitrogen and oxygen atoms in total. The molecular formula is C8H4ClF2NO5. The largest absolute Gasteiger partial charge is 0.478 e. The summed E-state index contributed by atoms with van der Waals surface area (Å²) in [4.78, 5) is 20.1. The maximum absolute atomic E-state index is 12.0. The summed E-state index contributed by atoms with van der Waals surface area (Å²) >= 11 is 5.43. The van der Waals surface area contributed by atoms with Gasteiger partial charge in [0.25, 0.3) is 5.69 Å². The van der Waals surface area contributed by atoms with E-state index in [1.165, 1.54) is 0 Å². The number of carboxylic acids is 1. The number of rotatable bonds is 4. The van der Waals surface area contributed by atoms with Crippen molar-refractivity contribution in [3.8, 4) is 5.75 Å². The van der Waals surface area contributed by atoms with E-state index in [1.54, 1.807) is 0 Å². The van der Waals surface area contributed by atoms with E-state index in [1.807, 2.05) is 0 Å². The maximum atomic E-state index is 12.0. The zero-order valence-corrected chi connectivity index (χ0v) is 8.65. The average molecular weight is 268 g/mol. The Hall–Kier alpha value is -1.96. The van der Waals surface area contributed by atoms with E-state index in [0.29, 0.717) is 12.1 Å². The molecule has 0 aromatic heterocycles. The van der Waals surface area contributed by atoms with Crippen molar-refractivity contribution in [2.45, 2.75) is 6.61 Å². The van der Waals surface area contributed by atoms with Gasteiger partial charge in [0.05, 0.1) is 10.5 Å². The first-order valence-corrected chi connectivity index (χ1v) is 4.36. The number of aromatic carboxylic acids is 1. The molecule has 1 N–H and O–H groups in total. The fraction of sp³-hybridized carbons (Fsp3) is 0.125. The molecule has 92 valence electrons. The summed E-state index contributed by atoms with van der Waals surface area (Å²) in [5, 5.41) is 18.5. The van der Waals surface area contributed by atoms with E-state index in [9.17, 15) is 23.7 Å². The van der Waals surface area contributed by atoms with Gasteiger partial charge in [-0.2, -0.15) is 8.78 Å². The lowest BCUT2D eigenvalue weighted by molar-refractivity contribution is -0.384. The summed E-state index contributed by atoms with van der Waals surface area (Å²) in [5.74, 6) is -2.28. The Labute approximate surface area is 97.5 Å². The van der Waals surface area contributed by atoms with Gasteiger partial charge in [-0.3, -0.25) is 10.1 Å². The van der Waals surface area contributed by atoms with Gasteiger partial charge in [-0.1, -0.05) is 11.6 Å². The molecule has 0 spiro atoms. The van der Waals surface area contributed by atoms with E-state index in [-0.39, 0.29) is 0 Å². The fourth-order valence-electron chi connectivity index (χ4n) is 1.02. The van der Waals surface area contributed by atoms with Gasteiger partial charge >= 0.3 is 12.6 Å². The van der Waals surface area contributed by atoms with Gasteiger partial charge in [0, 0.05) is 6.07 Å². The molecule has 0 heterocycles. The predicted molar refractivity (Wildman–Crippen MR) is 51.7 cm³/mol. The van der Waals surface area contributed by atoms with Crippen molar-refractivity contribution in [3.63, 3.8) is 0 Å². The number of hydrogen-bond donors (Lipinski definition) is 1. The first-order chi connectivity index (χ1) is 7.82. The highest BCUT2D eigenvalue weighted by molar-refractivity contribution is 6.34. The summed E-state index contributed by atoms with van der Waals surface area (Å²) < 4.78 is 27.8. The first kappa shape index (κ1) is 13.1. The van der Waals surface area contributed by atoms with Gasteiger partial charge in [0.2, 0.25) is 0 Å². The highest BCUT2D eigenvalue weighted by Gasteiger charge is 2.23. The Morgan fingerprint density at radius 1 is 1.53 bits per heavy atom. The van der Waals surface area contributed by atoms with Gasteiger partial charge in [0.1, 0.15) is 0 Å². The van der Waals surface area contributed by atoms with Crippen LogP contribution in [0.3, 0.4) is 0 Å². The van der Waals surface area contributed by atoms with Crippen LogP contribution in [0.25, 0.3) is 0 Å². The van der Waals surface area contributed by atoms with Gasteiger partial charge in [0.15, 0.2) is 10.8 Å². The molecule has 0 unspecified atom stereocenters. The van der Waals surface area contributed by atoms with Crippen LogP contribution in [0.2, 0.25) is 5.02 Å². The minimum absolute atomic E-state index is 0.572. The van der Waals surface area contributed by atoms with Crippen LogP contribution in [0.15, 0.2) is 12.1 Å². The second-order valence-electron chi connectivity index (χ2n) is 2.75. The lowest BCUT2D eigenvalue weighted by Gasteiger charge is -2.07. The second kappa shape index (κ2) is 4.91. The molecule has 17 heavy (non-hydrogen) atoms. The molecule has 0 saturated heterocycles. The highest BCUT2D eigenvalue weighted by Crippen LogP contribution is 2.36. The molecule has 0 bridgehead atoms. The van der Waals surface area contributed by atoms with Gasteiger partial charge in [-0.05, 0) is 6.07 Å². The zero-order chi connectivity index (χ0) is 13.2. The number of alkyl halides is 2. The third kappa shape index (κ3) is 3.00. The van der Waals surface area contributed by atoms with E-state index in [0.717, 1.165) is 0 Å². The molecule has 0 aliphatic carbocycles. The molecule has 0 radical (unpaired) electrons. The predicted octanol–water partition coefficient (Wildman–Crippen LogP) is 2.55. The van der Waals surface area contributed by atoms with Crippen LogP contribution in [0, 0.1) is 10.1 Å². The third-order valence-electron chi connectivity index (χ3n) is 1.68. The molecule has 0 amide bonds. The Morgan fingerprint density at radius 3 is 2.53 bits per heavy atom. The van der Waals surface area contributed by atoms with Crippen molar-refractivity contribution in [1.29, 1.82) is 0 Å². The standard InChI is InChI=1S/C8H4ClF2NO5/c9-6-4(12(15)16)1-3(7(13)14)2-5(6)17-8(10)11/h1-2,8H,(H,13,14). The number of nitro groups is 1. The Bertz CT molecular complexity index is 479. The third-order valence-corrected chi connectivity index (χ3v) is 2.06. The molecule has 0 fully saturated rings. The molecule has 0 saturated carbocycles. The van der Waals surface area contributed by atoms with Gasteiger partial charge < -0.3 is 9.84 Å². The molecule has 0 atom stereocenters. The van der Waals surface area contributed by atoms with Gasteiger partial charge in [-0.15, -0.1) is 0 Å². The topological polar surface area (TPSA) is 89.7 Å². The smallest absolute Gasteiger partial charge is 0.387 e. The van der Waals surface area contributed by atoms with Crippen molar-refractivity contribution in [1.82, 2.24) is 0 Å². The quantitative estimate of drug-likeness (QED) is 0.669. The molecule has 1 aromatic carbocycles. The fourth-order valence-corrected chi connectivity index (χ4v) is 1.24. The Balaban J connectivity index is 3.37. The van der Waals surface area contributed by atoms with Crippen molar-refractivity contribution in [2.75, 3.05) is 0 Å². The van der Waals surface area contributed by atoms with Crippen LogP contribution in [0.1, 0.15) is 10.4 Å². The normalized spacial score (nSPS) is 10.4. The SMILES string of the molecule is O=C(O)c1cc(OC(F)F)c(Cl)c([N+](=O)[O-])c1. The summed E-state index contributed by atoms with van der Waals surface area (Å²) in [7, 11) is 0. The number of nitro benzene ring substituents is 1. The van der Waals surface area contributed by atoms with Crippen LogP contribution < -0.4 is 4.74 Å². The summed E-state index contributed by atoms with van der Waals surface area (Å²) in [6.07, 6.45) is 0. The summed E-state index contributed by atoms with van der Waals surface area (Å²) in [6, 6.07) is 1.34. The molecule has 0 aliphatic rings. The number of carboxylic acid groups (broad SMARTS) is 1. The number of halogens is 3. The minimum Gasteiger partial charge on any atom is -0.478 e. The van der Waals surface area contributed by atoms with Crippen LogP contribution in [-0.4, -0.2) is 22.6 Å². The number of carbonyl (C=O) groups is 1. The molecule has 1 aromatic rings. The highest BCUT2D eigenvalue weighted by atomic mass is 35.5. The van der Waals surface area contributed by atoms with Crippen molar-refractivity contribution in [3.05, 3.63) is 32.8 Å². The van der Waals surface area contributed by atoms with E-state index < -0.39 is 39.5 Å². The van der Waals surface area contributed by atoms with Gasteiger partial charge in [-0.25, -0.2) is 4.79 Å². The van der Waals surface area contributed by atoms with Crippen molar-refractivity contribution in [2.24, 2.45) is 0 Å². The lowest BCUT2D eigenvalue weighted by atomic mass is 10.2. The Kier molecular flexibility index (Phi) is 3.79. The monoisotopic (exact) mass is 267 g/mol. The molecule has 1 rings (SSSR count). The number of ether oxygens (including phenoxy) is 1. The maximum Gasteiger partial charge on any atom is 0.387 e. The summed E-state index contributed by atoms with van der Waals surface area (Å²) in [5.41, 5.74) is -1.39. The number of nitrogens with zero attached hydrogens (tertiary/aromatic N) is 1. The van der Waals surface area contributed by atoms with E-state index in [2.05, 4.69) is 4.74 Å². The second-order valence-corrected chi connectivity index (χ2v) is 3.13. The van der Waals surface area contributed by atoms with Crippen molar-refractivity contribution >= 4 is 23.3 Å². The van der Waals surface area contributed by atoms with E-state index >= 15 is 0 Å². The lowest BCUT2D eigenvalue weighted by Crippen LogP contribution is -2.06. The minimum atomic E-state index is -3.27. The van der Waals surface area contributed by atoms with Crippen molar-refractivity contribution < 1.29 is 28.3 Å². The Morgan fingerprint density at radius 2 is 2.12 bits per heavy atom. The van der Waals surface area contributed by atoms with Crippen LogP contribution in [0.5, 0.6) is 5.75 Å². The zero-order valence-electron chi connectivity index (χ0n) is 7.89. The number of hydrogen-bond acceptors (Lipinski definition) is 4. The molecule has 0 aliphatic heterocycles. The van der Waals surface area contributed by atoms with Crippen LogP contribution in [0.4, 0.5) is 14.5 Å². The van der Waals surface area contributed by atoms with Crippen LogP contribution >= 0.6 is 11.6 Å². The average Bonchev–Trinajstić information content (AvgIpc) is 2.19. The van der Waals surface area contributed by atoms with E-state index in [4.69, 9.17) is 16.7 Å². The molecule has 9 heteroatoms. The molecular weight excluding hydrogens is 264 g/mol.